The van der Waals surface area contributed by atoms with Crippen molar-refractivity contribution in [3.63, 3.8) is 0 Å². The fourth-order valence-corrected chi connectivity index (χ4v) is 2.89. The Morgan fingerprint density at radius 1 is 1.08 bits per heavy atom. The third-order valence-corrected chi connectivity index (χ3v) is 4.06. The van der Waals surface area contributed by atoms with Crippen LogP contribution in [-0.4, -0.2) is 11.8 Å². The summed E-state index contributed by atoms with van der Waals surface area (Å²) in [5.41, 5.74) is 1.98. The standard InChI is InChI=1S/C20H20N2O3/c1-3-17(23)18-13(2)21-20(24)22-19(18)14-8-7-11-16(12-14)25-15-9-5-4-6-10-15/h4-12,19H,3H2,1-2H3,(H2,21,22,24). The maximum atomic E-state index is 12.4. The number of carbonyl (C=O) groups excluding carboxylic acids is 2. The lowest BCUT2D eigenvalue weighted by Gasteiger charge is -2.28. The SMILES string of the molecule is CCC(=O)C1=C(C)NC(=O)NC1c1cccc(Oc2ccccc2)c1. The molecule has 1 heterocycles. The van der Waals surface area contributed by atoms with Crippen LogP contribution in [0.4, 0.5) is 4.79 Å². The van der Waals surface area contributed by atoms with Crippen LogP contribution in [0, 0.1) is 0 Å². The summed E-state index contributed by atoms with van der Waals surface area (Å²) in [4.78, 5) is 24.3. The summed E-state index contributed by atoms with van der Waals surface area (Å²) < 4.78 is 5.86. The molecule has 5 nitrogen and oxygen atoms in total. The first-order valence-electron chi connectivity index (χ1n) is 8.23. The van der Waals surface area contributed by atoms with Crippen LogP contribution in [0.1, 0.15) is 31.9 Å². The minimum Gasteiger partial charge on any atom is -0.457 e. The van der Waals surface area contributed by atoms with Crippen molar-refractivity contribution < 1.29 is 14.3 Å². The number of Topliss-reactive ketones (excluding diaryl/α,β-unsaturated/α-hetero) is 1. The van der Waals surface area contributed by atoms with Crippen LogP contribution in [0.25, 0.3) is 0 Å². The molecule has 2 N–H and O–H groups in total. The Morgan fingerprint density at radius 2 is 1.80 bits per heavy atom. The molecular formula is C20H20N2O3. The van der Waals surface area contributed by atoms with Crippen molar-refractivity contribution in [1.82, 2.24) is 10.6 Å². The molecule has 0 radical (unpaired) electrons. The first kappa shape index (κ1) is 16.8. The van der Waals surface area contributed by atoms with E-state index in [-0.39, 0.29) is 11.8 Å². The smallest absolute Gasteiger partial charge is 0.319 e. The maximum Gasteiger partial charge on any atom is 0.319 e. The van der Waals surface area contributed by atoms with Gasteiger partial charge in [0.1, 0.15) is 11.5 Å². The zero-order valence-corrected chi connectivity index (χ0v) is 14.2. The average molecular weight is 336 g/mol. The second-order valence-electron chi connectivity index (χ2n) is 5.83. The van der Waals surface area contributed by atoms with Gasteiger partial charge in [-0.3, -0.25) is 4.79 Å². The van der Waals surface area contributed by atoms with Crippen LogP contribution < -0.4 is 15.4 Å². The van der Waals surface area contributed by atoms with E-state index < -0.39 is 6.04 Å². The number of urea groups is 1. The van der Waals surface area contributed by atoms with Crippen LogP contribution in [-0.2, 0) is 4.79 Å². The molecule has 2 aromatic carbocycles. The Balaban J connectivity index is 1.94. The molecule has 5 heteroatoms. The quantitative estimate of drug-likeness (QED) is 0.864. The first-order chi connectivity index (χ1) is 12.1. The number of hydrogen-bond acceptors (Lipinski definition) is 3. The first-order valence-corrected chi connectivity index (χ1v) is 8.23. The average Bonchev–Trinajstić information content (AvgIpc) is 2.61. The van der Waals surface area contributed by atoms with Gasteiger partial charge in [-0.15, -0.1) is 0 Å². The zero-order valence-electron chi connectivity index (χ0n) is 14.2. The van der Waals surface area contributed by atoms with Gasteiger partial charge in [-0.25, -0.2) is 4.79 Å². The van der Waals surface area contributed by atoms with Crippen molar-refractivity contribution in [2.45, 2.75) is 26.3 Å². The Kier molecular flexibility index (Phi) is 4.84. The predicted octanol–water partition coefficient (Wildman–Crippen LogP) is 4.09. The summed E-state index contributed by atoms with van der Waals surface area (Å²) in [6, 6.07) is 16.1. The lowest BCUT2D eigenvalue weighted by Crippen LogP contribution is -2.45. The van der Waals surface area contributed by atoms with Gasteiger partial charge in [0.25, 0.3) is 0 Å². The molecule has 1 aliphatic rings. The molecule has 0 saturated heterocycles. The van der Waals surface area contributed by atoms with Crippen molar-refractivity contribution in [2.75, 3.05) is 0 Å². The zero-order chi connectivity index (χ0) is 17.8. The number of para-hydroxylation sites is 1. The summed E-state index contributed by atoms with van der Waals surface area (Å²) in [6.45, 7) is 3.56. The summed E-state index contributed by atoms with van der Waals surface area (Å²) >= 11 is 0. The normalized spacial score (nSPS) is 16.9. The highest BCUT2D eigenvalue weighted by atomic mass is 16.5. The fraction of sp³-hybridized carbons (Fsp3) is 0.200. The van der Waals surface area contributed by atoms with E-state index in [4.69, 9.17) is 4.74 Å². The van der Waals surface area contributed by atoms with Crippen molar-refractivity contribution >= 4 is 11.8 Å². The van der Waals surface area contributed by atoms with Crippen molar-refractivity contribution in [1.29, 1.82) is 0 Å². The third kappa shape index (κ3) is 3.71. The molecule has 3 rings (SSSR count). The molecule has 1 unspecified atom stereocenters. The Morgan fingerprint density at radius 3 is 2.52 bits per heavy atom. The van der Waals surface area contributed by atoms with E-state index in [1.54, 1.807) is 6.92 Å². The highest BCUT2D eigenvalue weighted by Gasteiger charge is 2.30. The number of hydrogen-bond donors (Lipinski definition) is 2. The van der Waals surface area contributed by atoms with E-state index in [0.29, 0.717) is 23.4 Å². The van der Waals surface area contributed by atoms with Crippen LogP contribution in [0.2, 0.25) is 0 Å². The van der Waals surface area contributed by atoms with Crippen molar-refractivity contribution in [2.24, 2.45) is 0 Å². The number of ether oxygens (including phenoxy) is 1. The Bertz CT molecular complexity index is 828. The van der Waals surface area contributed by atoms with Gasteiger partial charge < -0.3 is 15.4 Å². The number of allylic oxidation sites excluding steroid dienone is 1. The number of nitrogens with one attached hydrogen (secondary N) is 2. The highest BCUT2D eigenvalue weighted by molar-refractivity contribution is 5.99. The fourth-order valence-electron chi connectivity index (χ4n) is 2.89. The van der Waals surface area contributed by atoms with Crippen LogP contribution in [0.15, 0.2) is 65.9 Å². The molecule has 0 fully saturated rings. The van der Waals surface area contributed by atoms with Crippen LogP contribution >= 0.6 is 0 Å². The molecule has 0 saturated carbocycles. The predicted molar refractivity (Wildman–Crippen MR) is 95.4 cm³/mol. The van der Waals surface area contributed by atoms with E-state index in [9.17, 15) is 9.59 Å². The summed E-state index contributed by atoms with van der Waals surface area (Å²) in [7, 11) is 0. The lowest BCUT2D eigenvalue weighted by atomic mass is 9.91. The maximum absolute atomic E-state index is 12.4. The second kappa shape index (κ2) is 7.21. The van der Waals surface area contributed by atoms with E-state index in [1.165, 1.54) is 0 Å². The van der Waals surface area contributed by atoms with Gasteiger partial charge in [-0.1, -0.05) is 37.3 Å². The number of rotatable bonds is 5. The van der Waals surface area contributed by atoms with E-state index in [1.807, 2.05) is 61.5 Å². The van der Waals surface area contributed by atoms with Crippen molar-refractivity contribution in [3.05, 3.63) is 71.4 Å². The topological polar surface area (TPSA) is 67.4 Å². The summed E-state index contributed by atoms with van der Waals surface area (Å²) in [6.07, 6.45) is 0.376. The molecule has 1 aliphatic heterocycles. The number of benzene rings is 2. The van der Waals surface area contributed by atoms with Crippen LogP contribution in [0.3, 0.4) is 0 Å². The molecule has 25 heavy (non-hydrogen) atoms. The van der Waals surface area contributed by atoms with Gasteiger partial charge in [-0.05, 0) is 36.8 Å². The molecule has 0 bridgehead atoms. The molecule has 0 aliphatic carbocycles. The molecule has 2 amide bonds. The molecule has 128 valence electrons. The van der Waals surface area contributed by atoms with Gasteiger partial charge in [0.15, 0.2) is 5.78 Å². The largest absolute Gasteiger partial charge is 0.457 e. The van der Waals surface area contributed by atoms with Gasteiger partial charge in [-0.2, -0.15) is 0 Å². The van der Waals surface area contributed by atoms with E-state index in [2.05, 4.69) is 10.6 Å². The third-order valence-electron chi connectivity index (χ3n) is 4.06. The molecular weight excluding hydrogens is 316 g/mol. The van der Waals surface area contributed by atoms with E-state index in [0.717, 1.165) is 11.3 Å². The number of amides is 2. The van der Waals surface area contributed by atoms with Gasteiger partial charge >= 0.3 is 6.03 Å². The molecule has 0 aromatic heterocycles. The Labute approximate surface area is 146 Å². The Hall–Kier alpha value is -3.08. The monoisotopic (exact) mass is 336 g/mol. The van der Waals surface area contributed by atoms with Gasteiger partial charge in [0, 0.05) is 17.7 Å². The lowest BCUT2D eigenvalue weighted by molar-refractivity contribution is -0.115. The number of carbonyl (C=O) groups is 2. The second-order valence-corrected chi connectivity index (χ2v) is 5.83. The van der Waals surface area contributed by atoms with E-state index >= 15 is 0 Å². The van der Waals surface area contributed by atoms with Gasteiger partial charge in [0.2, 0.25) is 0 Å². The highest BCUT2D eigenvalue weighted by Crippen LogP contribution is 2.31. The molecule has 0 spiro atoms. The van der Waals surface area contributed by atoms with Crippen molar-refractivity contribution in [3.8, 4) is 11.5 Å². The van der Waals surface area contributed by atoms with Crippen LogP contribution in [0.5, 0.6) is 11.5 Å². The molecule has 2 aromatic rings. The minimum absolute atomic E-state index is 0.00406. The summed E-state index contributed by atoms with van der Waals surface area (Å²) in [5, 5.41) is 5.51. The number of ketones is 1. The minimum atomic E-state index is -0.486. The molecule has 1 atom stereocenters. The summed E-state index contributed by atoms with van der Waals surface area (Å²) in [5.74, 6) is 1.38. The van der Waals surface area contributed by atoms with Gasteiger partial charge in [0.05, 0.1) is 6.04 Å².